The number of rotatable bonds is 4. The maximum atomic E-state index is 13.1. The lowest BCUT2D eigenvalue weighted by molar-refractivity contribution is -0.127. The smallest absolute Gasteiger partial charge is 0.238 e. The van der Waals surface area contributed by atoms with Gasteiger partial charge in [0.25, 0.3) is 0 Å². The van der Waals surface area contributed by atoms with E-state index >= 15 is 0 Å². The van der Waals surface area contributed by atoms with Gasteiger partial charge >= 0.3 is 0 Å². The Balaban J connectivity index is 1.77. The van der Waals surface area contributed by atoms with Gasteiger partial charge in [0, 0.05) is 29.5 Å². The Morgan fingerprint density at radius 2 is 2.14 bits per heavy atom. The maximum absolute atomic E-state index is 13.1. The summed E-state index contributed by atoms with van der Waals surface area (Å²) in [6, 6.07) is 8.17. The van der Waals surface area contributed by atoms with Gasteiger partial charge in [0.15, 0.2) is 0 Å². The number of amides is 1. The molecule has 29 heavy (non-hydrogen) atoms. The van der Waals surface area contributed by atoms with Gasteiger partial charge in [0.05, 0.1) is 17.1 Å². The molecule has 0 saturated carbocycles. The number of hydrogen-bond acceptors (Lipinski definition) is 5. The van der Waals surface area contributed by atoms with Crippen LogP contribution in [0.1, 0.15) is 36.4 Å². The Hall–Kier alpha value is -2.70. The standard InChI is InChI=1S/C22H23ClN4O2/c1-27-11-3-2-8-18(27)22(29)26-19(14-6-4-9-24-13-14)16-12-17(23)15-7-5-10-25-20(15)21(16)28/h4-7,9-10,12-13,18-19,28H,2-3,8,11H2,1H3,(H,26,29). The molecule has 6 nitrogen and oxygen atoms in total. The summed E-state index contributed by atoms with van der Waals surface area (Å²) in [6.45, 7) is 0.895. The second-order valence-electron chi connectivity index (χ2n) is 7.42. The Bertz CT molecular complexity index is 1030. The summed E-state index contributed by atoms with van der Waals surface area (Å²) in [4.78, 5) is 23.7. The van der Waals surface area contributed by atoms with Gasteiger partial charge in [0.1, 0.15) is 11.3 Å². The molecule has 0 radical (unpaired) electrons. The minimum Gasteiger partial charge on any atom is -0.505 e. The Morgan fingerprint density at radius 3 is 2.90 bits per heavy atom. The number of piperidine rings is 1. The van der Waals surface area contributed by atoms with E-state index in [0.29, 0.717) is 21.5 Å². The fraction of sp³-hybridized carbons (Fsp3) is 0.318. The number of aromatic hydroxyl groups is 1. The van der Waals surface area contributed by atoms with Crippen molar-refractivity contribution in [2.45, 2.75) is 31.3 Å². The monoisotopic (exact) mass is 410 g/mol. The number of phenolic OH excluding ortho intramolecular Hbond substituents is 1. The molecule has 2 N–H and O–H groups in total. The molecule has 0 aliphatic carbocycles. The van der Waals surface area contributed by atoms with Gasteiger partial charge in [-0.1, -0.05) is 24.1 Å². The fourth-order valence-electron chi connectivity index (χ4n) is 3.96. The molecule has 3 heterocycles. The highest BCUT2D eigenvalue weighted by Crippen LogP contribution is 2.38. The van der Waals surface area contributed by atoms with Crippen LogP contribution in [0.4, 0.5) is 0 Å². The largest absolute Gasteiger partial charge is 0.505 e. The van der Waals surface area contributed by atoms with Crippen LogP contribution in [0.15, 0.2) is 48.9 Å². The van der Waals surface area contributed by atoms with Crippen LogP contribution in [0.2, 0.25) is 5.02 Å². The summed E-state index contributed by atoms with van der Waals surface area (Å²) in [6.07, 6.45) is 7.90. The maximum Gasteiger partial charge on any atom is 0.238 e. The number of benzene rings is 1. The fourth-order valence-corrected chi connectivity index (χ4v) is 4.23. The van der Waals surface area contributed by atoms with E-state index in [2.05, 4.69) is 20.2 Å². The first kappa shape index (κ1) is 19.6. The average Bonchev–Trinajstić information content (AvgIpc) is 2.75. The predicted molar refractivity (Wildman–Crippen MR) is 113 cm³/mol. The Morgan fingerprint density at radius 1 is 1.31 bits per heavy atom. The van der Waals surface area contributed by atoms with Crippen molar-refractivity contribution < 1.29 is 9.90 Å². The molecule has 2 unspecified atom stereocenters. The zero-order valence-corrected chi connectivity index (χ0v) is 16.9. The van der Waals surface area contributed by atoms with E-state index in [4.69, 9.17) is 11.6 Å². The number of hydrogen-bond donors (Lipinski definition) is 2. The molecule has 1 fully saturated rings. The minimum atomic E-state index is -0.588. The summed E-state index contributed by atoms with van der Waals surface area (Å²) in [5.74, 6) is -0.0613. The van der Waals surface area contributed by atoms with E-state index in [1.54, 1.807) is 36.8 Å². The Labute approximate surface area is 174 Å². The molecule has 0 spiro atoms. The predicted octanol–water partition coefficient (Wildman–Crippen LogP) is 3.68. The van der Waals surface area contributed by atoms with Crippen molar-refractivity contribution in [2.75, 3.05) is 13.6 Å². The lowest BCUT2D eigenvalue weighted by atomic mass is 9.96. The highest BCUT2D eigenvalue weighted by atomic mass is 35.5. The molecular formula is C22H23ClN4O2. The van der Waals surface area contributed by atoms with Gasteiger partial charge in [0.2, 0.25) is 5.91 Å². The topological polar surface area (TPSA) is 78.4 Å². The van der Waals surface area contributed by atoms with Gasteiger partial charge in [-0.15, -0.1) is 0 Å². The third kappa shape index (κ3) is 3.91. The van der Waals surface area contributed by atoms with Gasteiger partial charge < -0.3 is 10.4 Å². The second kappa shape index (κ2) is 8.35. The van der Waals surface area contributed by atoms with Crippen molar-refractivity contribution in [1.29, 1.82) is 0 Å². The lowest BCUT2D eigenvalue weighted by Gasteiger charge is -2.33. The Kier molecular flexibility index (Phi) is 5.65. The first-order valence-electron chi connectivity index (χ1n) is 9.73. The number of nitrogens with zero attached hydrogens (tertiary/aromatic N) is 3. The van der Waals surface area contributed by atoms with Crippen LogP contribution < -0.4 is 5.32 Å². The molecule has 1 aromatic carbocycles. The lowest BCUT2D eigenvalue weighted by Crippen LogP contribution is -2.48. The third-order valence-corrected chi connectivity index (χ3v) is 5.85. The molecule has 1 saturated heterocycles. The second-order valence-corrected chi connectivity index (χ2v) is 7.82. The first-order valence-corrected chi connectivity index (χ1v) is 10.1. The van der Waals surface area contributed by atoms with Crippen molar-refractivity contribution in [3.8, 4) is 5.75 Å². The molecule has 0 bridgehead atoms. The van der Waals surface area contributed by atoms with Crippen molar-refractivity contribution in [3.63, 3.8) is 0 Å². The number of phenols is 1. The van der Waals surface area contributed by atoms with Gasteiger partial charge in [-0.2, -0.15) is 0 Å². The van der Waals surface area contributed by atoms with Crippen molar-refractivity contribution in [3.05, 3.63) is 65.1 Å². The van der Waals surface area contributed by atoms with Gasteiger partial charge in [-0.05, 0) is 56.3 Å². The first-order chi connectivity index (χ1) is 14.1. The van der Waals surface area contributed by atoms with E-state index < -0.39 is 6.04 Å². The van der Waals surface area contributed by atoms with Crippen LogP contribution in [-0.2, 0) is 4.79 Å². The van der Waals surface area contributed by atoms with Crippen LogP contribution in [-0.4, -0.2) is 45.5 Å². The third-order valence-electron chi connectivity index (χ3n) is 5.53. The molecule has 4 rings (SSSR count). The van der Waals surface area contributed by atoms with Crippen LogP contribution in [0, 0.1) is 0 Å². The van der Waals surface area contributed by atoms with Gasteiger partial charge in [-0.25, -0.2) is 0 Å². The minimum absolute atomic E-state index is 0.0103. The van der Waals surface area contributed by atoms with E-state index in [0.717, 1.165) is 31.4 Å². The zero-order valence-electron chi connectivity index (χ0n) is 16.2. The van der Waals surface area contributed by atoms with Crippen molar-refractivity contribution >= 4 is 28.4 Å². The molecule has 1 amide bonds. The molecule has 1 aliphatic heterocycles. The quantitative estimate of drug-likeness (QED) is 0.686. The molecule has 2 aromatic heterocycles. The van der Waals surface area contributed by atoms with Crippen molar-refractivity contribution in [1.82, 2.24) is 20.2 Å². The molecule has 3 aromatic rings. The number of carbonyl (C=O) groups is 1. The SMILES string of the molecule is CN1CCCCC1C(=O)NC(c1cccnc1)c1cc(Cl)c2cccnc2c1O. The van der Waals surface area contributed by atoms with Crippen LogP contribution in [0.5, 0.6) is 5.75 Å². The van der Waals surface area contributed by atoms with E-state index in [-0.39, 0.29) is 17.7 Å². The molecule has 7 heteroatoms. The molecule has 150 valence electrons. The number of nitrogens with one attached hydrogen (secondary N) is 1. The molecule has 2 atom stereocenters. The number of likely N-dealkylation sites (N-methyl/N-ethyl adjacent to an activating group) is 1. The van der Waals surface area contributed by atoms with E-state index in [1.807, 2.05) is 19.2 Å². The molecular weight excluding hydrogens is 388 g/mol. The summed E-state index contributed by atoms with van der Waals surface area (Å²) in [7, 11) is 1.97. The number of pyridine rings is 2. The summed E-state index contributed by atoms with van der Waals surface area (Å²) in [5.41, 5.74) is 1.68. The van der Waals surface area contributed by atoms with Gasteiger partial charge in [-0.3, -0.25) is 19.7 Å². The average molecular weight is 411 g/mol. The highest BCUT2D eigenvalue weighted by molar-refractivity contribution is 6.35. The van der Waals surface area contributed by atoms with E-state index in [9.17, 15) is 9.90 Å². The van der Waals surface area contributed by atoms with E-state index in [1.165, 1.54) is 0 Å². The normalized spacial score (nSPS) is 18.5. The number of fused-ring (bicyclic) bond motifs is 1. The summed E-state index contributed by atoms with van der Waals surface area (Å²) >= 11 is 6.49. The van der Waals surface area contributed by atoms with Crippen LogP contribution in [0.25, 0.3) is 10.9 Å². The van der Waals surface area contributed by atoms with Crippen molar-refractivity contribution in [2.24, 2.45) is 0 Å². The highest BCUT2D eigenvalue weighted by Gasteiger charge is 2.30. The molecule has 1 aliphatic rings. The zero-order chi connectivity index (χ0) is 20.4. The number of likely N-dealkylation sites (tertiary alicyclic amines) is 1. The summed E-state index contributed by atoms with van der Waals surface area (Å²) < 4.78 is 0. The summed E-state index contributed by atoms with van der Waals surface area (Å²) in [5, 5.41) is 15.2. The number of halogens is 1. The number of carbonyl (C=O) groups excluding carboxylic acids is 1. The van der Waals surface area contributed by atoms with Crippen LogP contribution in [0.3, 0.4) is 0 Å². The number of aromatic nitrogens is 2. The van der Waals surface area contributed by atoms with Crippen LogP contribution >= 0.6 is 11.6 Å².